The van der Waals surface area contributed by atoms with Crippen LogP contribution in [-0.4, -0.2) is 14.1 Å². The molecule has 0 fully saturated rings. The van der Waals surface area contributed by atoms with Gasteiger partial charge in [0.2, 0.25) is 5.71 Å². The van der Waals surface area contributed by atoms with Crippen LogP contribution in [0.2, 0.25) is 0 Å². The minimum absolute atomic E-state index is 0.463. The van der Waals surface area contributed by atoms with Crippen LogP contribution in [0.5, 0.6) is 0 Å². The Bertz CT molecular complexity index is 3600. The smallest absolute Gasteiger partial charge is 0.227 e. The van der Waals surface area contributed by atoms with Crippen molar-refractivity contribution in [2.45, 2.75) is 5.41 Å². The maximum absolute atomic E-state index is 6.10. The molecule has 0 aliphatic heterocycles. The van der Waals surface area contributed by atoms with E-state index in [1.807, 2.05) is 6.07 Å². The Labute approximate surface area is 333 Å². The average molecular weight is 740 g/mol. The van der Waals surface area contributed by atoms with Gasteiger partial charge >= 0.3 is 0 Å². The van der Waals surface area contributed by atoms with Crippen molar-refractivity contribution in [2.75, 3.05) is 0 Å². The van der Waals surface area contributed by atoms with E-state index in [1.54, 1.807) is 6.20 Å². The van der Waals surface area contributed by atoms with Crippen LogP contribution in [0.4, 0.5) is 0 Å². The van der Waals surface area contributed by atoms with E-state index < -0.39 is 5.41 Å². The number of pyridine rings is 1. The standard InChI is InChI=1S/C54H33N3O/c1-2-13-34(14-3-1)54(46-20-8-4-15-38(46)39-16-5-9-21-47(39)54)35-24-27-50-43(31-35)40-17-6-10-22-48(40)56(50)36-25-28-51-44(32-36)41-18-7-11-23-49(41)57(51)37-26-29-52-45(33-37)42-19-12-30-55-53(42)58-52/h1-33H. The summed E-state index contributed by atoms with van der Waals surface area (Å²) in [5.41, 5.74) is 15.7. The summed E-state index contributed by atoms with van der Waals surface area (Å²) in [5.74, 6) is 0. The molecule has 4 heteroatoms. The van der Waals surface area contributed by atoms with Gasteiger partial charge in [0.1, 0.15) is 5.58 Å². The van der Waals surface area contributed by atoms with Gasteiger partial charge in [0, 0.05) is 49.9 Å². The van der Waals surface area contributed by atoms with Crippen LogP contribution in [0.25, 0.3) is 88.2 Å². The molecule has 58 heavy (non-hydrogen) atoms. The number of furan rings is 1. The van der Waals surface area contributed by atoms with E-state index in [4.69, 9.17) is 4.42 Å². The van der Waals surface area contributed by atoms with Crippen molar-refractivity contribution in [1.29, 1.82) is 0 Å². The maximum Gasteiger partial charge on any atom is 0.227 e. The summed E-state index contributed by atoms with van der Waals surface area (Å²) in [6.45, 7) is 0. The summed E-state index contributed by atoms with van der Waals surface area (Å²) in [7, 11) is 0. The first-order chi connectivity index (χ1) is 28.8. The maximum atomic E-state index is 6.10. The van der Waals surface area contributed by atoms with Gasteiger partial charge in [0.15, 0.2) is 0 Å². The highest BCUT2D eigenvalue weighted by Gasteiger charge is 2.46. The summed E-state index contributed by atoms with van der Waals surface area (Å²) in [4.78, 5) is 4.47. The monoisotopic (exact) mass is 739 g/mol. The largest absolute Gasteiger partial charge is 0.438 e. The van der Waals surface area contributed by atoms with E-state index in [0.717, 1.165) is 38.8 Å². The Hall–Kier alpha value is -7.69. The van der Waals surface area contributed by atoms with Gasteiger partial charge in [-0.2, -0.15) is 0 Å². The number of aromatic nitrogens is 3. The molecular formula is C54H33N3O. The summed E-state index contributed by atoms with van der Waals surface area (Å²) >= 11 is 0. The van der Waals surface area contributed by atoms with Crippen LogP contribution in [0.1, 0.15) is 22.3 Å². The molecule has 0 N–H and O–H groups in total. The molecule has 13 rings (SSSR count). The van der Waals surface area contributed by atoms with Gasteiger partial charge in [-0.1, -0.05) is 121 Å². The topological polar surface area (TPSA) is 35.9 Å². The molecular weight excluding hydrogens is 707 g/mol. The first-order valence-corrected chi connectivity index (χ1v) is 19.9. The van der Waals surface area contributed by atoms with E-state index in [1.165, 1.54) is 66.0 Å². The first-order valence-electron chi connectivity index (χ1n) is 19.9. The molecule has 0 atom stereocenters. The third-order valence-electron chi connectivity index (χ3n) is 12.7. The van der Waals surface area contributed by atoms with Crippen molar-refractivity contribution in [3.8, 4) is 22.5 Å². The second-order valence-electron chi connectivity index (χ2n) is 15.5. The van der Waals surface area contributed by atoms with Crippen molar-refractivity contribution >= 4 is 65.7 Å². The minimum Gasteiger partial charge on any atom is -0.438 e. The van der Waals surface area contributed by atoms with Gasteiger partial charge in [-0.05, 0) is 106 Å². The zero-order valence-corrected chi connectivity index (χ0v) is 31.3. The fourth-order valence-corrected chi connectivity index (χ4v) is 10.3. The number of nitrogens with zero attached hydrogens (tertiary/aromatic N) is 3. The molecule has 0 spiro atoms. The van der Waals surface area contributed by atoms with Crippen LogP contribution >= 0.6 is 0 Å². The van der Waals surface area contributed by atoms with Crippen LogP contribution in [0.15, 0.2) is 205 Å². The molecule has 0 saturated carbocycles. The van der Waals surface area contributed by atoms with Gasteiger partial charge in [0.25, 0.3) is 0 Å². The van der Waals surface area contributed by atoms with Crippen molar-refractivity contribution < 1.29 is 4.42 Å². The van der Waals surface area contributed by atoms with E-state index in [-0.39, 0.29) is 0 Å². The molecule has 4 aromatic heterocycles. The number of hydrogen-bond donors (Lipinski definition) is 0. The van der Waals surface area contributed by atoms with E-state index >= 15 is 0 Å². The molecule has 0 radical (unpaired) electrons. The highest BCUT2D eigenvalue weighted by Crippen LogP contribution is 2.56. The predicted molar refractivity (Wildman–Crippen MR) is 237 cm³/mol. The Morgan fingerprint density at radius 1 is 0.379 bits per heavy atom. The number of hydrogen-bond acceptors (Lipinski definition) is 2. The molecule has 270 valence electrons. The van der Waals surface area contributed by atoms with E-state index in [9.17, 15) is 0 Å². The summed E-state index contributed by atoms with van der Waals surface area (Å²) in [6.07, 6.45) is 1.78. The Balaban J connectivity index is 1.04. The number of rotatable bonds is 4. The number of para-hydroxylation sites is 2. The van der Waals surface area contributed by atoms with Gasteiger partial charge in [-0.15, -0.1) is 0 Å². The molecule has 4 nitrogen and oxygen atoms in total. The number of fused-ring (bicyclic) bond motifs is 12. The normalized spacial score (nSPS) is 13.3. The van der Waals surface area contributed by atoms with Gasteiger partial charge in [-0.25, -0.2) is 4.98 Å². The third-order valence-corrected chi connectivity index (χ3v) is 12.7. The lowest BCUT2D eigenvalue weighted by Gasteiger charge is -2.34. The zero-order valence-electron chi connectivity index (χ0n) is 31.3. The average Bonchev–Trinajstić information content (AvgIpc) is 4.02. The summed E-state index contributed by atoms with van der Waals surface area (Å²) in [6, 6.07) is 71.2. The highest BCUT2D eigenvalue weighted by atomic mass is 16.3. The zero-order chi connectivity index (χ0) is 38.0. The van der Waals surface area contributed by atoms with E-state index in [2.05, 4.69) is 202 Å². The second-order valence-corrected chi connectivity index (χ2v) is 15.5. The lowest BCUT2D eigenvalue weighted by atomic mass is 9.67. The first kappa shape index (κ1) is 31.5. The molecule has 0 saturated heterocycles. The quantitative estimate of drug-likeness (QED) is 0.180. The van der Waals surface area contributed by atoms with Gasteiger partial charge in [-0.3, -0.25) is 0 Å². The fourth-order valence-electron chi connectivity index (χ4n) is 10.3. The van der Waals surface area contributed by atoms with E-state index in [0.29, 0.717) is 5.71 Å². The molecule has 4 heterocycles. The summed E-state index contributed by atoms with van der Waals surface area (Å²) < 4.78 is 10.9. The van der Waals surface area contributed by atoms with Gasteiger partial charge < -0.3 is 13.6 Å². The van der Waals surface area contributed by atoms with Crippen molar-refractivity contribution in [3.63, 3.8) is 0 Å². The highest BCUT2D eigenvalue weighted by molar-refractivity contribution is 6.13. The SMILES string of the molecule is c1ccc(C2(c3ccc4c(c3)c3ccccc3n4-c3ccc4c(c3)c3ccccc3n4-c3ccc4oc5ncccc5c4c3)c3ccccc3-c3ccccc32)cc1. The van der Waals surface area contributed by atoms with Crippen LogP contribution < -0.4 is 0 Å². The van der Waals surface area contributed by atoms with Gasteiger partial charge in [0.05, 0.1) is 27.5 Å². The molecule has 0 unspecified atom stereocenters. The molecule has 1 aliphatic rings. The van der Waals surface area contributed by atoms with Crippen LogP contribution in [0, 0.1) is 0 Å². The third kappa shape index (κ3) is 4.10. The number of benzene rings is 8. The predicted octanol–water partition coefficient (Wildman–Crippen LogP) is 13.5. The van der Waals surface area contributed by atoms with Crippen molar-refractivity contribution in [1.82, 2.24) is 14.1 Å². The lowest BCUT2D eigenvalue weighted by molar-refractivity contribution is 0.654. The van der Waals surface area contributed by atoms with Crippen LogP contribution in [-0.2, 0) is 5.41 Å². The molecule has 0 amide bonds. The molecule has 8 aromatic carbocycles. The lowest BCUT2D eigenvalue weighted by Crippen LogP contribution is -2.28. The Morgan fingerprint density at radius 3 is 1.62 bits per heavy atom. The molecule has 0 bridgehead atoms. The van der Waals surface area contributed by atoms with Crippen LogP contribution in [0.3, 0.4) is 0 Å². The molecule has 12 aromatic rings. The fraction of sp³-hybridized carbons (Fsp3) is 0.0185. The molecule has 1 aliphatic carbocycles. The second kappa shape index (κ2) is 11.7. The van der Waals surface area contributed by atoms with Crippen molar-refractivity contribution in [2.24, 2.45) is 0 Å². The minimum atomic E-state index is -0.463. The Morgan fingerprint density at radius 2 is 0.914 bits per heavy atom. The van der Waals surface area contributed by atoms with Crippen molar-refractivity contribution in [3.05, 3.63) is 223 Å². The summed E-state index contributed by atoms with van der Waals surface area (Å²) in [5, 5.41) is 6.98. The Kier molecular flexibility index (Phi) is 6.34.